The molecule has 3 heterocycles. The van der Waals surface area contributed by atoms with Crippen LogP contribution in [0.25, 0.3) is 0 Å². The highest BCUT2D eigenvalue weighted by Crippen LogP contribution is 2.33. The lowest BCUT2D eigenvalue weighted by Gasteiger charge is -2.24. The fraction of sp³-hybridized carbons (Fsp3) is 0.368. The van der Waals surface area contributed by atoms with Gasteiger partial charge in [-0.1, -0.05) is 41.7 Å². The first-order valence-corrected chi connectivity index (χ1v) is 9.70. The number of anilines is 2. The highest BCUT2D eigenvalue weighted by molar-refractivity contribution is 7.15. The molecule has 1 atom stereocenters. The highest BCUT2D eigenvalue weighted by atomic mass is 32.1. The first-order valence-electron chi connectivity index (χ1n) is 8.88. The average Bonchev–Trinajstić information content (AvgIpc) is 3.24. The Balaban J connectivity index is 1.55. The molecule has 1 fully saturated rings. The van der Waals surface area contributed by atoms with Gasteiger partial charge < -0.3 is 5.32 Å². The van der Waals surface area contributed by atoms with E-state index in [1.807, 2.05) is 13.8 Å². The minimum absolute atomic E-state index is 0.327. The van der Waals surface area contributed by atoms with Crippen LogP contribution in [-0.2, 0) is 6.54 Å². The van der Waals surface area contributed by atoms with Gasteiger partial charge in [-0.05, 0) is 38.8 Å². The molecule has 0 bridgehead atoms. The summed E-state index contributed by atoms with van der Waals surface area (Å²) in [6.45, 7) is 5.93. The van der Waals surface area contributed by atoms with Crippen LogP contribution >= 0.6 is 11.3 Å². The fourth-order valence-electron chi connectivity index (χ4n) is 3.45. The van der Waals surface area contributed by atoms with Crippen LogP contribution in [0.4, 0.5) is 10.9 Å². The Bertz CT molecular complexity index is 879. The van der Waals surface area contributed by atoms with E-state index in [4.69, 9.17) is 4.98 Å². The van der Waals surface area contributed by atoms with Crippen LogP contribution in [0.5, 0.6) is 0 Å². The first-order chi connectivity index (χ1) is 12.7. The molecule has 7 heteroatoms. The van der Waals surface area contributed by atoms with E-state index in [1.54, 1.807) is 0 Å². The Morgan fingerprint density at radius 3 is 2.77 bits per heavy atom. The number of rotatable bonds is 5. The van der Waals surface area contributed by atoms with E-state index >= 15 is 0 Å². The van der Waals surface area contributed by atoms with Crippen LogP contribution in [0.1, 0.15) is 41.0 Å². The van der Waals surface area contributed by atoms with E-state index in [0.29, 0.717) is 6.04 Å². The first kappa shape index (κ1) is 17.1. The molecule has 0 aliphatic carbocycles. The van der Waals surface area contributed by atoms with Crippen molar-refractivity contribution in [1.29, 1.82) is 0 Å². The Hall–Kier alpha value is -2.38. The molecule has 4 rings (SSSR count). The summed E-state index contributed by atoms with van der Waals surface area (Å²) in [4.78, 5) is 11.8. The molecule has 6 nitrogen and oxygen atoms in total. The summed E-state index contributed by atoms with van der Waals surface area (Å²) in [7, 11) is 0. The van der Waals surface area contributed by atoms with Crippen molar-refractivity contribution in [3.63, 3.8) is 0 Å². The molecule has 1 saturated heterocycles. The number of benzene rings is 1. The lowest BCUT2D eigenvalue weighted by Crippen LogP contribution is -2.24. The van der Waals surface area contributed by atoms with Gasteiger partial charge in [0.15, 0.2) is 0 Å². The largest absolute Gasteiger partial charge is 0.315 e. The van der Waals surface area contributed by atoms with Crippen molar-refractivity contribution in [3.8, 4) is 0 Å². The molecule has 134 valence electrons. The zero-order valence-corrected chi connectivity index (χ0v) is 15.8. The molecule has 0 radical (unpaired) electrons. The second-order valence-corrected chi connectivity index (χ2v) is 7.77. The summed E-state index contributed by atoms with van der Waals surface area (Å²) in [5.41, 5.74) is 2.42. The van der Waals surface area contributed by atoms with Crippen molar-refractivity contribution in [2.24, 2.45) is 0 Å². The molecule has 0 saturated carbocycles. The van der Waals surface area contributed by atoms with E-state index < -0.39 is 0 Å². The Morgan fingerprint density at radius 1 is 1.15 bits per heavy atom. The monoisotopic (exact) mass is 366 g/mol. The van der Waals surface area contributed by atoms with Gasteiger partial charge >= 0.3 is 0 Å². The lowest BCUT2D eigenvalue weighted by atomic mass is 10.1. The van der Waals surface area contributed by atoms with Gasteiger partial charge in [0.1, 0.15) is 16.6 Å². The number of nitrogens with zero attached hydrogens (tertiary/aromatic N) is 5. The third-order valence-electron chi connectivity index (χ3n) is 4.55. The van der Waals surface area contributed by atoms with Crippen LogP contribution in [0.3, 0.4) is 0 Å². The van der Waals surface area contributed by atoms with Gasteiger partial charge in [0.25, 0.3) is 0 Å². The van der Waals surface area contributed by atoms with Crippen molar-refractivity contribution in [2.75, 3.05) is 11.9 Å². The second kappa shape index (κ2) is 7.47. The van der Waals surface area contributed by atoms with Crippen LogP contribution in [-0.4, -0.2) is 31.6 Å². The quantitative estimate of drug-likeness (QED) is 0.735. The SMILES string of the molecule is Cc1nc(Nc2nnc(C)s2)cc(C2CCCN2Cc2ccccc2)n1. The molecule has 1 unspecified atom stereocenters. The molecule has 0 spiro atoms. The van der Waals surface area contributed by atoms with Gasteiger partial charge in [0.2, 0.25) is 5.13 Å². The van der Waals surface area contributed by atoms with E-state index in [1.165, 1.54) is 23.3 Å². The summed E-state index contributed by atoms with van der Waals surface area (Å²) in [6.07, 6.45) is 2.32. The smallest absolute Gasteiger partial charge is 0.211 e. The normalized spacial score (nSPS) is 17.5. The molecule has 1 N–H and O–H groups in total. The number of aromatic nitrogens is 4. The zero-order chi connectivity index (χ0) is 17.9. The maximum Gasteiger partial charge on any atom is 0.211 e. The highest BCUT2D eigenvalue weighted by Gasteiger charge is 2.27. The molecule has 1 aliphatic rings. The zero-order valence-electron chi connectivity index (χ0n) is 15.0. The molecular weight excluding hydrogens is 344 g/mol. The summed E-state index contributed by atoms with van der Waals surface area (Å²) >= 11 is 1.52. The van der Waals surface area contributed by atoms with Crippen molar-refractivity contribution in [3.05, 3.63) is 58.5 Å². The Kier molecular flexibility index (Phi) is 4.90. The Morgan fingerprint density at radius 2 is 2.00 bits per heavy atom. The minimum Gasteiger partial charge on any atom is -0.315 e. The third kappa shape index (κ3) is 3.89. The van der Waals surface area contributed by atoms with E-state index in [-0.39, 0.29) is 0 Å². The van der Waals surface area contributed by atoms with Crippen molar-refractivity contribution in [2.45, 2.75) is 39.3 Å². The molecule has 1 aromatic carbocycles. The average molecular weight is 366 g/mol. The summed E-state index contributed by atoms with van der Waals surface area (Å²) in [5, 5.41) is 13.1. The fourth-order valence-corrected chi connectivity index (χ4v) is 4.05. The molecule has 26 heavy (non-hydrogen) atoms. The van der Waals surface area contributed by atoms with E-state index in [2.05, 4.69) is 61.8 Å². The van der Waals surface area contributed by atoms with Crippen LogP contribution in [0.15, 0.2) is 36.4 Å². The number of likely N-dealkylation sites (tertiary alicyclic amines) is 1. The van der Waals surface area contributed by atoms with Crippen molar-refractivity contribution < 1.29 is 0 Å². The van der Waals surface area contributed by atoms with E-state index in [9.17, 15) is 0 Å². The minimum atomic E-state index is 0.327. The topological polar surface area (TPSA) is 66.8 Å². The van der Waals surface area contributed by atoms with Gasteiger partial charge in [0, 0.05) is 12.6 Å². The van der Waals surface area contributed by atoms with Crippen LogP contribution in [0, 0.1) is 13.8 Å². The molecule has 1 aliphatic heterocycles. The van der Waals surface area contributed by atoms with Crippen molar-refractivity contribution in [1.82, 2.24) is 25.1 Å². The van der Waals surface area contributed by atoms with Crippen LogP contribution < -0.4 is 5.32 Å². The van der Waals surface area contributed by atoms with Gasteiger partial charge in [-0.2, -0.15) is 0 Å². The number of aryl methyl sites for hydroxylation is 2. The molecule has 3 aromatic rings. The maximum absolute atomic E-state index is 4.73. The number of hydrogen-bond acceptors (Lipinski definition) is 7. The standard InChI is InChI=1S/C19H22N6S/c1-13-20-16(11-18(21-13)22-19-24-23-14(2)26-19)17-9-6-10-25(17)12-15-7-4-3-5-8-15/h3-5,7-8,11,17H,6,9-10,12H2,1-2H3,(H,20,21,22,24). The van der Waals surface area contributed by atoms with Crippen molar-refractivity contribution >= 4 is 22.3 Å². The third-order valence-corrected chi connectivity index (χ3v) is 5.31. The maximum atomic E-state index is 4.73. The van der Waals surface area contributed by atoms with Gasteiger partial charge in [-0.3, -0.25) is 4.90 Å². The summed E-state index contributed by atoms with van der Waals surface area (Å²) < 4.78 is 0. The molecule has 0 amide bonds. The van der Waals surface area contributed by atoms with Crippen LogP contribution in [0.2, 0.25) is 0 Å². The predicted molar refractivity (Wildman–Crippen MR) is 104 cm³/mol. The van der Waals surface area contributed by atoms with Gasteiger partial charge in [0.05, 0.1) is 11.7 Å². The van der Waals surface area contributed by atoms with E-state index in [0.717, 1.165) is 47.0 Å². The molecular formula is C19H22N6S. The Labute approximate surface area is 157 Å². The molecule has 2 aromatic heterocycles. The summed E-state index contributed by atoms with van der Waals surface area (Å²) in [6, 6.07) is 13.0. The summed E-state index contributed by atoms with van der Waals surface area (Å²) in [5.74, 6) is 1.56. The van der Waals surface area contributed by atoms with Gasteiger partial charge in [-0.25, -0.2) is 9.97 Å². The number of nitrogens with one attached hydrogen (secondary N) is 1. The lowest BCUT2D eigenvalue weighted by molar-refractivity contribution is 0.244. The number of hydrogen-bond donors (Lipinski definition) is 1. The predicted octanol–water partition coefficient (Wildman–Crippen LogP) is 4.03. The second-order valence-electron chi connectivity index (χ2n) is 6.59. The van der Waals surface area contributed by atoms with Gasteiger partial charge in [-0.15, -0.1) is 10.2 Å².